The van der Waals surface area contributed by atoms with Crippen molar-refractivity contribution in [2.45, 2.75) is 62.8 Å². The Kier molecular flexibility index (Phi) is 10.1. The van der Waals surface area contributed by atoms with Crippen molar-refractivity contribution >= 4 is 43.4 Å². The van der Waals surface area contributed by atoms with E-state index < -0.39 is 32.0 Å². The van der Waals surface area contributed by atoms with Gasteiger partial charge < -0.3 is 14.7 Å². The molecule has 0 spiro atoms. The minimum atomic E-state index is -4.48. The van der Waals surface area contributed by atoms with Gasteiger partial charge in [-0.2, -0.15) is 16.8 Å². The number of ether oxygens (including phenoxy) is 1. The zero-order chi connectivity index (χ0) is 32.1. The number of aromatic nitrogens is 1. The smallest absolute Gasteiger partial charge is 0.327 e. The summed E-state index contributed by atoms with van der Waals surface area (Å²) in [4.78, 5) is 16.9. The van der Waals surface area contributed by atoms with Crippen molar-refractivity contribution in [1.82, 2.24) is 0 Å². The highest BCUT2D eigenvalue weighted by Crippen LogP contribution is 2.41. The van der Waals surface area contributed by atoms with Crippen LogP contribution in [0.2, 0.25) is 0 Å². The van der Waals surface area contributed by atoms with E-state index in [4.69, 9.17) is 19.4 Å². The normalized spacial score (nSPS) is 16.9. The molecular weight excluding hydrogens is 610 g/mol. The monoisotopic (exact) mass is 646 g/mol. The molecule has 3 N–H and O–H groups in total. The van der Waals surface area contributed by atoms with Gasteiger partial charge in [0.1, 0.15) is 0 Å². The third kappa shape index (κ3) is 8.20. The molecule has 1 aromatic carbocycles. The Hall–Kier alpha value is -3.85. The largest absolute Gasteiger partial charge is 0.481 e. The number of aryl methyl sites for hydroxylation is 1. The third-order valence-corrected chi connectivity index (χ3v) is 9.02. The van der Waals surface area contributed by atoms with E-state index in [-0.39, 0.29) is 29.7 Å². The Morgan fingerprint density at radius 1 is 1.05 bits per heavy atom. The number of aliphatic imine (C=N–C) groups is 1. The molecule has 0 saturated carbocycles. The maximum atomic E-state index is 11.7. The zero-order valence-electron chi connectivity index (χ0n) is 24.5. The number of rotatable bonds is 14. The van der Waals surface area contributed by atoms with Crippen LogP contribution in [0.1, 0.15) is 51.5 Å². The average Bonchev–Trinajstić information content (AvgIpc) is 3.40. The fourth-order valence-electron chi connectivity index (χ4n) is 5.06. The number of anilines is 1. The zero-order valence-corrected chi connectivity index (χ0v) is 26.1. The summed E-state index contributed by atoms with van der Waals surface area (Å²) >= 11 is 0. The van der Waals surface area contributed by atoms with Crippen LogP contribution in [0.25, 0.3) is 0 Å². The van der Waals surface area contributed by atoms with Crippen LogP contribution >= 0.6 is 0 Å². The number of fused-ring (bicyclic) bond motifs is 2. The lowest BCUT2D eigenvalue weighted by Gasteiger charge is -2.18. The van der Waals surface area contributed by atoms with E-state index in [2.05, 4.69) is 24.5 Å². The molecule has 2 aliphatic heterocycles. The van der Waals surface area contributed by atoms with E-state index in [1.54, 1.807) is 23.1 Å². The van der Waals surface area contributed by atoms with E-state index in [0.29, 0.717) is 23.7 Å². The van der Waals surface area contributed by atoms with Gasteiger partial charge in [0, 0.05) is 13.0 Å². The predicted molar refractivity (Wildman–Crippen MR) is 164 cm³/mol. The maximum Gasteiger partial charge on any atom is 0.327 e. The second kappa shape index (κ2) is 13.4. The highest BCUT2D eigenvalue weighted by Gasteiger charge is 2.41. The number of nitrogens with zero attached hydrogens (tertiary/aromatic N) is 3. The highest BCUT2D eigenvalue weighted by atomic mass is 32.2. The van der Waals surface area contributed by atoms with Gasteiger partial charge in [0.25, 0.3) is 20.2 Å². The fourth-order valence-corrected chi connectivity index (χ4v) is 6.05. The molecule has 1 aromatic heterocycles. The van der Waals surface area contributed by atoms with Crippen molar-refractivity contribution in [3.8, 4) is 5.75 Å². The van der Waals surface area contributed by atoms with Gasteiger partial charge in [0.15, 0.2) is 11.5 Å². The van der Waals surface area contributed by atoms with E-state index in [9.17, 15) is 26.2 Å². The minimum Gasteiger partial charge on any atom is -0.481 e. The number of hydrogen-bond acceptors (Lipinski definition) is 8. The van der Waals surface area contributed by atoms with Crippen LogP contribution in [0.15, 0.2) is 82.7 Å². The Morgan fingerprint density at radius 3 is 2.52 bits per heavy atom. The van der Waals surface area contributed by atoms with Gasteiger partial charge in [-0.05, 0) is 87.0 Å². The number of carboxylic acid groups (broad SMARTS) is 1. The first-order valence-corrected chi connectivity index (χ1v) is 17.1. The molecule has 0 unspecified atom stereocenters. The molecular formula is C30H36N3O9S2+. The number of aliphatic carboxylic acids is 1. The summed E-state index contributed by atoms with van der Waals surface area (Å²) in [5, 5.41) is 8.84. The van der Waals surface area contributed by atoms with Crippen LogP contribution in [-0.4, -0.2) is 55.0 Å². The molecule has 3 heterocycles. The van der Waals surface area contributed by atoms with E-state index in [1.807, 2.05) is 24.4 Å². The lowest BCUT2D eigenvalue weighted by Crippen LogP contribution is -2.34. The van der Waals surface area contributed by atoms with E-state index in [1.165, 1.54) is 18.2 Å². The summed E-state index contributed by atoms with van der Waals surface area (Å²) in [6, 6.07) is 7.89. The summed E-state index contributed by atoms with van der Waals surface area (Å²) in [5.41, 5.74) is 1.96. The SMILES string of the molecule is CC1(C)C(/C=C/C=C/C=C2\Oc3ccc(S(=O)(=O)O)cc3N2CCCS(=O)(=O)O)=Nc2c1ccc[n+]2CCCCCC(=O)O. The number of unbranched alkanes of at least 4 members (excludes halogenated alkanes) is 2. The van der Waals surface area contributed by atoms with Gasteiger partial charge in [-0.1, -0.05) is 18.2 Å². The maximum absolute atomic E-state index is 11.7. The highest BCUT2D eigenvalue weighted by molar-refractivity contribution is 7.86. The number of pyridine rings is 1. The van der Waals surface area contributed by atoms with Crippen LogP contribution in [0, 0.1) is 0 Å². The molecule has 236 valence electrons. The first-order valence-electron chi connectivity index (χ1n) is 14.1. The number of carboxylic acids is 1. The second-order valence-electron chi connectivity index (χ2n) is 11.0. The number of benzene rings is 1. The molecule has 4 rings (SSSR count). The first kappa shape index (κ1) is 33.1. The van der Waals surface area contributed by atoms with Crippen molar-refractivity contribution < 1.29 is 45.1 Å². The minimum absolute atomic E-state index is 0.0382. The second-order valence-corrected chi connectivity index (χ2v) is 14.0. The summed E-state index contributed by atoms with van der Waals surface area (Å²) < 4.78 is 72.3. The van der Waals surface area contributed by atoms with Gasteiger partial charge in [0.05, 0.1) is 40.1 Å². The van der Waals surface area contributed by atoms with Crippen molar-refractivity contribution in [3.05, 3.63) is 78.4 Å². The Bertz CT molecular complexity index is 1760. The van der Waals surface area contributed by atoms with Crippen LogP contribution < -0.4 is 14.2 Å². The van der Waals surface area contributed by atoms with Crippen molar-refractivity contribution in [3.63, 3.8) is 0 Å². The van der Waals surface area contributed by atoms with Gasteiger partial charge in [0.2, 0.25) is 5.88 Å². The van der Waals surface area contributed by atoms with E-state index in [0.717, 1.165) is 36.5 Å². The van der Waals surface area contributed by atoms with Crippen LogP contribution in [-0.2, 0) is 37.0 Å². The number of hydrogen-bond donors (Lipinski definition) is 3. The summed E-state index contributed by atoms with van der Waals surface area (Å²) in [5.74, 6) is 0.239. The van der Waals surface area contributed by atoms with Crippen molar-refractivity contribution in [2.75, 3.05) is 17.2 Å². The molecule has 2 aliphatic rings. The van der Waals surface area contributed by atoms with Gasteiger partial charge >= 0.3 is 11.8 Å². The van der Waals surface area contributed by atoms with Gasteiger partial charge in [-0.25, -0.2) is 4.57 Å². The van der Waals surface area contributed by atoms with Crippen LogP contribution in [0.3, 0.4) is 0 Å². The Balaban J connectivity index is 1.49. The molecule has 12 nitrogen and oxygen atoms in total. The summed E-state index contributed by atoms with van der Waals surface area (Å²) in [6.45, 7) is 5.03. The lowest BCUT2D eigenvalue weighted by atomic mass is 9.82. The standard InChI is InChI=1S/C30H35N3O9S2/c1-30(2)23-11-9-18-32(17-8-4-7-14-28(34)35)29(23)31-26(30)12-5-3-6-13-27-33(19-10-20-43(36,37)38)24-21-22(44(39,40)41)15-16-25(24)42-27/h3,5-6,9,11-13,15-16,18,21H,4,7-8,10,14,17,19-20H2,1-2H3,(H2-,34,35,36,37,38,39,40,41)/p+1. The fraction of sp³-hybridized carbons (Fsp3) is 0.367. The van der Waals surface area contributed by atoms with Crippen LogP contribution in [0.5, 0.6) is 5.75 Å². The van der Waals surface area contributed by atoms with Gasteiger partial charge in [-0.15, -0.1) is 0 Å². The summed E-state index contributed by atoms with van der Waals surface area (Å²) in [7, 11) is -8.67. The molecule has 0 fully saturated rings. The molecule has 14 heteroatoms. The molecule has 0 aliphatic carbocycles. The molecule has 0 bridgehead atoms. The third-order valence-electron chi connectivity index (χ3n) is 7.37. The van der Waals surface area contributed by atoms with Crippen molar-refractivity contribution in [1.29, 1.82) is 0 Å². The quantitative estimate of drug-likeness (QED) is 0.116. The molecule has 2 aromatic rings. The Labute approximate surface area is 257 Å². The predicted octanol–water partition coefficient (Wildman–Crippen LogP) is 4.36. The molecule has 0 radical (unpaired) electrons. The Morgan fingerprint density at radius 2 is 1.82 bits per heavy atom. The molecule has 0 amide bonds. The molecule has 0 atom stereocenters. The van der Waals surface area contributed by atoms with Crippen molar-refractivity contribution in [2.24, 2.45) is 4.99 Å². The topological polar surface area (TPSA) is 175 Å². The number of allylic oxidation sites excluding steroid dienone is 5. The first-order chi connectivity index (χ1) is 20.7. The lowest BCUT2D eigenvalue weighted by molar-refractivity contribution is -0.684. The van der Waals surface area contributed by atoms with E-state index >= 15 is 0 Å². The molecule has 0 saturated heterocycles. The van der Waals surface area contributed by atoms with Crippen LogP contribution in [0.4, 0.5) is 11.5 Å². The summed E-state index contributed by atoms with van der Waals surface area (Å²) in [6.07, 6.45) is 13.4. The average molecular weight is 647 g/mol. The van der Waals surface area contributed by atoms with Gasteiger partial charge in [-0.3, -0.25) is 13.9 Å². The molecule has 44 heavy (non-hydrogen) atoms. The number of carbonyl (C=O) groups is 1.